The number of benzene rings is 2. The summed E-state index contributed by atoms with van der Waals surface area (Å²) in [5.41, 5.74) is 1.61. The lowest BCUT2D eigenvalue weighted by Gasteiger charge is -2.40. The normalized spacial score (nSPS) is 16.6. The Morgan fingerprint density at radius 1 is 1.00 bits per heavy atom. The summed E-state index contributed by atoms with van der Waals surface area (Å²) in [7, 11) is 1.65. The maximum Gasteiger partial charge on any atom is 0.228 e. The molecule has 0 atom stereocenters. The number of anilines is 2. The minimum Gasteiger partial charge on any atom is -0.493 e. The van der Waals surface area contributed by atoms with Crippen LogP contribution in [0.5, 0.6) is 17.2 Å². The summed E-state index contributed by atoms with van der Waals surface area (Å²) in [6.07, 6.45) is 3.48. The summed E-state index contributed by atoms with van der Waals surface area (Å²) >= 11 is 0. The largest absolute Gasteiger partial charge is 0.493 e. The fourth-order valence-corrected chi connectivity index (χ4v) is 5.23. The van der Waals surface area contributed by atoms with Crippen LogP contribution in [0.25, 0.3) is 10.9 Å². The first-order valence-electron chi connectivity index (χ1n) is 14.3. The van der Waals surface area contributed by atoms with Gasteiger partial charge < -0.3 is 23.8 Å². The van der Waals surface area contributed by atoms with E-state index in [2.05, 4.69) is 24.8 Å². The Morgan fingerprint density at radius 3 is 2.44 bits per heavy atom. The topological polar surface area (TPSA) is 92.7 Å². The molecule has 0 bridgehead atoms. The molecule has 2 fully saturated rings. The molecular weight excluding hydrogens is 524 g/mol. The molecule has 0 unspecified atom stereocenters. The minimum absolute atomic E-state index is 0.0960. The number of nitrogens with zero attached hydrogens (tertiary/aromatic N) is 6. The molecule has 11 nitrogen and oxygen atoms in total. The Hall–Kier alpha value is -3.67. The van der Waals surface area contributed by atoms with Crippen molar-refractivity contribution < 1.29 is 23.7 Å². The van der Waals surface area contributed by atoms with Crippen molar-refractivity contribution in [3.05, 3.63) is 42.7 Å². The predicted octanol–water partition coefficient (Wildman–Crippen LogP) is 3.23. The van der Waals surface area contributed by atoms with Crippen LogP contribution in [0.15, 0.2) is 42.7 Å². The molecule has 0 aliphatic carbocycles. The fraction of sp³-hybridized carbons (Fsp3) is 0.500. The summed E-state index contributed by atoms with van der Waals surface area (Å²) in [6.45, 7) is 11.8. The van der Waals surface area contributed by atoms with Gasteiger partial charge in [0.1, 0.15) is 17.9 Å². The Kier molecular flexibility index (Phi) is 9.71. The summed E-state index contributed by atoms with van der Waals surface area (Å²) < 4.78 is 23.0. The number of piperazine rings is 1. The van der Waals surface area contributed by atoms with Crippen molar-refractivity contribution in [1.29, 1.82) is 0 Å². The van der Waals surface area contributed by atoms with Gasteiger partial charge in [-0.05, 0) is 50.6 Å². The van der Waals surface area contributed by atoms with E-state index in [0.717, 1.165) is 73.8 Å². The second-order valence-electron chi connectivity index (χ2n) is 10.4. The minimum atomic E-state index is 0.0960. The number of hydrogen-bond donors (Lipinski definition) is 0. The summed E-state index contributed by atoms with van der Waals surface area (Å²) in [5.74, 6) is 2.98. The van der Waals surface area contributed by atoms with Gasteiger partial charge in [-0.3, -0.25) is 9.69 Å². The van der Waals surface area contributed by atoms with E-state index in [0.29, 0.717) is 44.3 Å². The highest BCUT2D eigenvalue weighted by molar-refractivity contribution is 5.92. The highest BCUT2D eigenvalue weighted by atomic mass is 16.5. The van der Waals surface area contributed by atoms with E-state index in [1.165, 1.54) is 0 Å². The van der Waals surface area contributed by atoms with Crippen LogP contribution in [0.1, 0.15) is 20.3 Å². The van der Waals surface area contributed by atoms with Gasteiger partial charge in [-0.25, -0.2) is 20.0 Å². The lowest BCUT2D eigenvalue weighted by atomic mass is 10.2. The van der Waals surface area contributed by atoms with Gasteiger partial charge in [0.05, 0.1) is 44.2 Å². The molecule has 2 aliphatic rings. The Morgan fingerprint density at radius 2 is 1.76 bits per heavy atom. The molecule has 11 heteroatoms. The second-order valence-corrected chi connectivity index (χ2v) is 10.4. The van der Waals surface area contributed by atoms with Crippen LogP contribution in [-0.4, -0.2) is 105 Å². The van der Waals surface area contributed by atoms with Gasteiger partial charge in [0.25, 0.3) is 0 Å². The van der Waals surface area contributed by atoms with Gasteiger partial charge in [0, 0.05) is 57.3 Å². The molecule has 220 valence electrons. The first-order chi connectivity index (χ1) is 20.1. The third kappa shape index (κ3) is 7.16. The monoisotopic (exact) mass is 564 g/mol. The maximum atomic E-state index is 12.1. The van der Waals surface area contributed by atoms with Crippen molar-refractivity contribution in [1.82, 2.24) is 19.9 Å². The van der Waals surface area contributed by atoms with Crippen LogP contribution in [0.3, 0.4) is 0 Å². The Balaban J connectivity index is 1.23. The second kappa shape index (κ2) is 13.8. The summed E-state index contributed by atoms with van der Waals surface area (Å²) in [6, 6.07) is 11.5. The van der Waals surface area contributed by atoms with Crippen LogP contribution in [0, 0.1) is 0 Å². The zero-order chi connectivity index (χ0) is 28.6. The number of fused-ring (bicyclic) bond motifs is 1. The molecule has 0 radical (unpaired) electrons. The molecule has 0 saturated carbocycles. The summed E-state index contributed by atoms with van der Waals surface area (Å²) in [4.78, 5) is 25.8. The number of hydrogen-bond acceptors (Lipinski definition) is 10. The highest BCUT2D eigenvalue weighted by Crippen LogP contribution is 2.35. The van der Waals surface area contributed by atoms with E-state index in [-0.39, 0.29) is 6.10 Å². The predicted molar refractivity (Wildman–Crippen MR) is 158 cm³/mol. The van der Waals surface area contributed by atoms with Gasteiger partial charge in [0.15, 0.2) is 11.5 Å². The molecule has 2 saturated heterocycles. The van der Waals surface area contributed by atoms with E-state index >= 15 is 0 Å². The van der Waals surface area contributed by atoms with Gasteiger partial charge in [-0.15, -0.1) is 0 Å². The number of aromatic nitrogens is 2. The van der Waals surface area contributed by atoms with Crippen LogP contribution in [0.2, 0.25) is 0 Å². The number of carbonyl (C=O) groups is 1. The molecule has 2 aliphatic heterocycles. The van der Waals surface area contributed by atoms with Gasteiger partial charge in [0.2, 0.25) is 6.41 Å². The van der Waals surface area contributed by atoms with Crippen LogP contribution < -0.4 is 24.1 Å². The van der Waals surface area contributed by atoms with Gasteiger partial charge in [-0.2, -0.15) is 0 Å². The number of amides is 1. The third-order valence-corrected chi connectivity index (χ3v) is 7.31. The molecule has 5 rings (SSSR count). The molecule has 3 heterocycles. The van der Waals surface area contributed by atoms with Crippen molar-refractivity contribution in [3.63, 3.8) is 0 Å². The number of ether oxygens (including phenoxy) is 4. The van der Waals surface area contributed by atoms with Gasteiger partial charge in [-0.1, -0.05) is 0 Å². The number of rotatable bonds is 12. The quantitative estimate of drug-likeness (QED) is 0.241. The molecule has 0 N–H and O–H groups in total. The van der Waals surface area contributed by atoms with E-state index in [4.69, 9.17) is 18.9 Å². The average Bonchev–Trinajstić information content (AvgIpc) is 3.00. The lowest BCUT2D eigenvalue weighted by molar-refractivity contribution is -0.110. The number of carbonyl (C=O) groups excluding carboxylic acids is 1. The molecule has 1 aromatic heterocycles. The first-order valence-corrected chi connectivity index (χ1v) is 14.3. The summed E-state index contributed by atoms with van der Waals surface area (Å²) in [5, 5.41) is 4.63. The first kappa shape index (κ1) is 28.8. The van der Waals surface area contributed by atoms with Crippen molar-refractivity contribution in [3.8, 4) is 17.2 Å². The molecule has 1 amide bonds. The van der Waals surface area contributed by atoms with E-state index < -0.39 is 0 Å². The lowest BCUT2D eigenvalue weighted by Crippen LogP contribution is -2.54. The average molecular weight is 565 g/mol. The third-order valence-electron chi connectivity index (χ3n) is 7.31. The van der Waals surface area contributed by atoms with Crippen LogP contribution in [-0.2, 0) is 9.53 Å². The molecular formula is C30H40N6O5. The molecule has 41 heavy (non-hydrogen) atoms. The fourth-order valence-electron chi connectivity index (χ4n) is 5.23. The standard InChI is InChI=1S/C30H40N6O5/c1-23(2)41-25-7-5-24(6-8-25)36(22-37)35-12-10-34(11-13-35)30-26-19-28(38-3)29(20-27(26)31-21-32-30)40-16-4-9-33-14-17-39-18-15-33/h5-8,19-23H,4,9-18H2,1-3H3. The van der Waals surface area contributed by atoms with Gasteiger partial charge >= 0.3 is 0 Å². The number of hydrazine groups is 1. The maximum absolute atomic E-state index is 12.1. The van der Waals surface area contributed by atoms with E-state index in [1.807, 2.05) is 50.2 Å². The van der Waals surface area contributed by atoms with Crippen LogP contribution in [0.4, 0.5) is 11.5 Å². The molecule has 3 aromatic rings. The smallest absolute Gasteiger partial charge is 0.228 e. The number of methoxy groups -OCH3 is 1. The van der Waals surface area contributed by atoms with Crippen molar-refractivity contribution >= 4 is 28.8 Å². The zero-order valence-corrected chi connectivity index (χ0v) is 24.2. The van der Waals surface area contributed by atoms with E-state index in [9.17, 15) is 4.79 Å². The van der Waals surface area contributed by atoms with Crippen LogP contribution >= 0.6 is 0 Å². The Bertz CT molecular complexity index is 1280. The molecule has 0 spiro atoms. The molecule has 2 aromatic carbocycles. The van der Waals surface area contributed by atoms with Crippen molar-refractivity contribution in [2.75, 3.05) is 82.7 Å². The Labute approximate surface area is 241 Å². The van der Waals surface area contributed by atoms with E-state index in [1.54, 1.807) is 18.4 Å². The number of morpholine rings is 1. The zero-order valence-electron chi connectivity index (χ0n) is 24.2. The van der Waals surface area contributed by atoms with Crippen molar-refractivity contribution in [2.45, 2.75) is 26.4 Å². The van der Waals surface area contributed by atoms with Crippen molar-refractivity contribution in [2.24, 2.45) is 0 Å². The highest BCUT2D eigenvalue weighted by Gasteiger charge is 2.25. The SMILES string of the molecule is COc1cc2c(N3CCN(N(C=O)c4ccc(OC(C)C)cc4)CC3)ncnc2cc1OCCCN1CCOCC1.